The van der Waals surface area contributed by atoms with E-state index in [2.05, 4.69) is 20.7 Å². The van der Waals surface area contributed by atoms with Gasteiger partial charge in [0.15, 0.2) is 0 Å². The maximum atomic E-state index is 11.5. The molecule has 0 aromatic heterocycles. The van der Waals surface area contributed by atoms with Gasteiger partial charge in [0, 0.05) is 5.33 Å². The zero-order chi connectivity index (χ0) is 12.1. The third kappa shape index (κ3) is 2.34. The van der Waals surface area contributed by atoms with Crippen molar-refractivity contribution < 1.29 is 14.3 Å². The summed E-state index contributed by atoms with van der Waals surface area (Å²) in [7, 11) is 2.74. The van der Waals surface area contributed by atoms with Gasteiger partial charge in [-0.05, 0) is 17.7 Å². The van der Waals surface area contributed by atoms with Gasteiger partial charge in [0.2, 0.25) is 0 Å². The first kappa shape index (κ1) is 12.5. The highest BCUT2D eigenvalue weighted by Crippen LogP contribution is 2.25. The van der Waals surface area contributed by atoms with Crippen LogP contribution in [0.4, 0.5) is 0 Å². The molecule has 0 heterocycles. The Labute approximate surface area is 102 Å². The molecule has 5 heteroatoms. The number of nitrogens with zero attached hydrogens (tertiary/aromatic N) is 1. The van der Waals surface area contributed by atoms with Gasteiger partial charge in [0.25, 0.3) is 0 Å². The molecule has 0 fully saturated rings. The first-order valence-corrected chi connectivity index (χ1v) is 5.55. The molecule has 1 aromatic rings. The summed E-state index contributed by atoms with van der Waals surface area (Å²) in [5.74, 6) is -0.142. The van der Waals surface area contributed by atoms with Crippen molar-refractivity contribution in [1.82, 2.24) is 0 Å². The fourth-order valence-corrected chi connectivity index (χ4v) is 1.74. The molecule has 0 unspecified atom stereocenters. The fourth-order valence-electron chi connectivity index (χ4n) is 1.28. The summed E-state index contributed by atoms with van der Waals surface area (Å²) in [6.45, 7) is 0. The van der Waals surface area contributed by atoms with Gasteiger partial charge in [-0.3, -0.25) is 0 Å². The molecule has 0 saturated carbocycles. The van der Waals surface area contributed by atoms with Crippen LogP contribution in [-0.2, 0) is 10.1 Å². The van der Waals surface area contributed by atoms with Crippen molar-refractivity contribution in [3.05, 3.63) is 28.8 Å². The van der Waals surface area contributed by atoms with Crippen molar-refractivity contribution >= 4 is 21.9 Å². The summed E-state index contributed by atoms with van der Waals surface area (Å²) < 4.78 is 9.68. The number of ether oxygens (including phenoxy) is 2. The van der Waals surface area contributed by atoms with E-state index in [-0.39, 0.29) is 0 Å². The van der Waals surface area contributed by atoms with Gasteiger partial charge < -0.3 is 9.47 Å². The van der Waals surface area contributed by atoms with E-state index in [0.29, 0.717) is 22.2 Å². The van der Waals surface area contributed by atoms with Gasteiger partial charge in [0.05, 0.1) is 25.9 Å². The number of esters is 1. The Morgan fingerprint density at radius 2 is 2.19 bits per heavy atom. The smallest absolute Gasteiger partial charge is 0.341 e. The highest BCUT2D eigenvalue weighted by atomic mass is 79.9. The number of halogens is 1. The number of hydrogen-bond donors (Lipinski definition) is 0. The average molecular weight is 284 g/mol. The van der Waals surface area contributed by atoms with Gasteiger partial charge >= 0.3 is 5.97 Å². The molecule has 0 spiro atoms. The Kier molecular flexibility index (Phi) is 4.32. The van der Waals surface area contributed by atoms with Gasteiger partial charge in [-0.25, -0.2) is 4.79 Å². The zero-order valence-corrected chi connectivity index (χ0v) is 10.5. The minimum atomic E-state index is -0.483. The molecule has 0 amide bonds. The number of methoxy groups -OCH3 is 2. The number of benzene rings is 1. The van der Waals surface area contributed by atoms with Crippen LogP contribution in [0.5, 0.6) is 5.75 Å². The third-order valence-electron chi connectivity index (χ3n) is 2.10. The lowest BCUT2D eigenvalue weighted by molar-refractivity contribution is 0.0597. The van der Waals surface area contributed by atoms with Crippen LogP contribution in [0.15, 0.2) is 12.1 Å². The van der Waals surface area contributed by atoms with Crippen LogP contribution in [0, 0.1) is 11.3 Å². The Balaban J connectivity index is 3.38. The second-order valence-electron chi connectivity index (χ2n) is 2.95. The molecule has 0 saturated heterocycles. The minimum absolute atomic E-state index is 0.318. The molecule has 84 valence electrons. The molecule has 0 aliphatic rings. The molecule has 1 aromatic carbocycles. The number of nitriles is 1. The maximum Gasteiger partial charge on any atom is 0.341 e. The lowest BCUT2D eigenvalue weighted by Gasteiger charge is -2.09. The Morgan fingerprint density at radius 1 is 1.50 bits per heavy atom. The molecule has 16 heavy (non-hydrogen) atoms. The largest absolute Gasteiger partial charge is 0.496 e. The molecule has 0 bridgehead atoms. The number of carbonyl (C=O) groups excluding carboxylic acids is 1. The van der Waals surface area contributed by atoms with Gasteiger partial charge in [-0.2, -0.15) is 5.26 Å². The maximum absolute atomic E-state index is 11.5. The summed E-state index contributed by atoms with van der Waals surface area (Å²) in [6, 6.07) is 5.17. The summed E-state index contributed by atoms with van der Waals surface area (Å²) in [5.41, 5.74) is 1.52. The van der Waals surface area contributed by atoms with Crippen molar-refractivity contribution in [2.24, 2.45) is 0 Å². The van der Waals surface area contributed by atoms with Crippen LogP contribution in [0.2, 0.25) is 0 Å². The van der Waals surface area contributed by atoms with Gasteiger partial charge in [-0.1, -0.05) is 15.9 Å². The summed E-state index contributed by atoms with van der Waals surface area (Å²) in [4.78, 5) is 11.5. The fraction of sp³-hybridized carbons (Fsp3) is 0.273. The predicted octanol–water partition coefficient (Wildman–Crippen LogP) is 2.25. The molecule has 0 atom stereocenters. The highest BCUT2D eigenvalue weighted by Gasteiger charge is 2.16. The molecule has 0 N–H and O–H groups in total. The minimum Gasteiger partial charge on any atom is -0.496 e. The third-order valence-corrected chi connectivity index (χ3v) is 2.70. The van der Waals surface area contributed by atoms with E-state index in [0.717, 1.165) is 5.56 Å². The van der Waals surface area contributed by atoms with E-state index < -0.39 is 5.97 Å². The molecule has 1 rings (SSSR count). The molecule has 0 aliphatic heterocycles. The standard InChI is InChI=1S/C11H10BrNO3/c1-15-10-4-8(6-13)7(5-12)3-9(10)11(14)16-2/h3-4H,5H2,1-2H3. The molecular formula is C11H10BrNO3. The van der Waals surface area contributed by atoms with E-state index >= 15 is 0 Å². The van der Waals surface area contributed by atoms with Gasteiger partial charge in [-0.15, -0.1) is 0 Å². The Hall–Kier alpha value is -1.54. The first-order valence-electron chi connectivity index (χ1n) is 4.43. The van der Waals surface area contributed by atoms with E-state index in [9.17, 15) is 4.79 Å². The molecule has 0 radical (unpaired) electrons. The van der Waals surface area contributed by atoms with Crippen LogP contribution in [0.1, 0.15) is 21.5 Å². The average Bonchev–Trinajstić information content (AvgIpc) is 2.35. The second kappa shape index (κ2) is 5.52. The molecule has 0 aliphatic carbocycles. The van der Waals surface area contributed by atoms with Crippen LogP contribution >= 0.6 is 15.9 Å². The summed E-state index contributed by atoms with van der Waals surface area (Å²) in [5, 5.41) is 9.40. The monoisotopic (exact) mass is 283 g/mol. The van der Waals surface area contributed by atoms with Crippen LogP contribution < -0.4 is 4.74 Å². The van der Waals surface area contributed by atoms with Crippen molar-refractivity contribution in [2.45, 2.75) is 5.33 Å². The van der Waals surface area contributed by atoms with E-state index in [1.165, 1.54) is 20.3 Å². The molecule has 4 nitrogen and oxygen atoms in total. The van der Waals surface area contributed by atoms with E-state index in [1.54, 1.807) is 6.07 Å². The van der Waals surface area contributed by atoms with Crippen LogP contribution in [0.3, 0.4) is 0 Å². The van der Waals surface area contributed by atoms with Crippen molar-refractivity contribution in [2.75, 3.05) is 14.2 Å². The van der Waals surface area contributed by atoms with Crippen molar-refractivity contribution in [3.8, 4) is 11.8 Å². The molecular weight excluding hydrogens is 274 g/mol. The second-order valence-corrected chi connectivity index (χ2v) is 3.51. The number of rotatable bonds is 3. The van der Waals surface area contributed by atoms with E-state index in [4.69, 9.17) is 10.00 Å². The normalized spacial score (nSPS) is 9.38. The van der Waals surface area contributed by atoms with Crippen molar-refractivity contribution in [3.63, 3.8) is 0 Å². The Bertz CT molecular complexity index is 451. The summed E-state index contributed by atoms with van der Waals surface area (Å²) >= 11 is 3.26. The van der Waals surface area contributed by atoms with E-state index in [1.807, 2.05) is 6.07 Å². The first-order chi connectivity index (χ1) is 7.67. The highest BCUT2D eigenvalue weighted by molar-refractivity contribution is 9.08. The number of alkyl halides is 1. The number of hydrogen-bond acceptors (Lipinski definition) is 4. The zero-order valence-electron chi connectivity index (χ0n) is 8.91. The predicted molar refractivity (Wildman–Crippen MR) is 61.7 cm³/mol. The van der Waals surface area contributed by atoms with Crippen LogP contribution in [-0.4, -0.2) is 20.2 Å². The Morgan fingerprint density at radius 3 is 2.62 bits per heavy atom. The lowest BCUT2D eigenvalue weighted by atomic mass is 10.0. The quantitative estimate of drug-likeness (QED) is 0.631. The number of carbonyl (C=O) groups is 1. The van der Waals surface area contributed by atoms with Crippen molar-refractivity contribution in [1.29, 1.82) is 5.26 Å². The summed E-state index contributed by atoms with van der Waals surface area (Å²) in [6.07, 6.45) is 0. The van der Waals surface area contributed by atoms with Gasteiger partial charge in [0.1, 0.15) is 11.3 Å². The van der Waals surface area contributed by atoms with Crippen LogP contribution in [0.25, 0.3) is 0 Å². The topological polar surface area (TPSA) is 59.3 Å². The lowest BCUT2D eigenvalue weighted by Crippen LogP contribution is -2.05. The SMILES string of the molecule is COC(=O)c1cc(CBr)c(C#N)cc1OC.